The predicted octanol–water partition coefficient (Wildman–Crippen LogP) is 1.64. The van der Waals surface area contributed by atoms with Gasteiger partial charge in [-0.1, -0.05) is 134 Å². The molecule has 3 fully saturated rings. The Bertz CT molecular complexity index is 1360. The van der Waals surface area contributed by atoms with E-state index in [4.69, 9.17) is 28.4 Å². The molecule has 3 heterocycles. The average Bonchev–Trinajstić information content (AvgIpc) is 3.33. The van der Waals surface area contributed by atoms with Gasteiger partial charge in [-0.2, -0.15) is 0 Å². The zero-order chi connectivity index (χ0) is 49.8. The van der Waals surface area contributed by atoms with E-state index < -0.39 is 124 Å². The number of hydrogen-bond donors (Lipinski definition) is 12. The van der Waals surface area contributed by atoms with Gasteiger partial charge in [0, 0.05) is 6.42 Å². The number of unbranched alkanes of at least 4 members (excludes halogenated alkanes) is 17. The summed E-state index contributed by atoms with van der Waals surface area (Å²) in [5.74, 6) is -0.290. The number of aliphatic hydroxyl groups is 11. The summed E-state index contributed by atoms with van der Waals surface area (Å²) in [6.07, 6.45) is 3.48. The minimum Gasteiger partial charge on any atom is -0.394 e. The van der Waals surface area contributed by atoms with Crippen LogP contribution in [-0.4, -0.2) is 193 Å². The Morgan fingerprint density at radius 1 is 0.515 bits per heavy atom. The highest BCUT2D eigenvalue weighted by Gasteiger charge is 2.53. The van der Waals surface area contributed by atoms with Crippen molar-refractivity contribution in [1.29, 1.82) is 0 Å². The summed E-state index contributed by atoms with van der Waals surface area (Å²) in [5, 5.41) is 119. The van der Waals surface area contributed by atoms with Gasteiger partial charge in [0.15, 0.2) is 18.9 Å². The lowest BCUT2D eigenvalue weighted by Gasteiger charge is -2.48. The largest absolute Gasteiger partial charge is 0.394 e. The maximum absolute atomic E-state index is 13.2. The Balaban J connectivity index is 1.56. The molecule has 0 aromatic heterocycles. The van der Waals surface area contributed by atoms with Crippen molar-refractivity contribution in [3.05, 3.63) is 24.3 Å². The van der Waals surface area contributed by atoms with Gasteiger partial charge in [-0.3, -0.25) is 4.79 Å². The van der Waals surface area contributed by atoms with Crippen LogP contribution in [-0.2, 0) is 33.2 Å². The first-order chi connectivity index (χ1) is 32.8. The second-order valence-electron chi connectivity index (χ2n) is 18.6. The molecule has 0 aliphatic carbocycles. The number of aliphatic hydroxyl groups excluding tert-OH is 11. The van der Waals surface area contributed by atoms with Crippen LogP contribution in [0.4, 0.5) is 0 Å². The lowest BCUT2D eigenvalue weighted by atomic mass is 9.96. The van der Waals surface area contributed by atoms with Gasteiger partial charge in [0.25, 0.3) is 0 Å². The second kappa shape index (κ2) is 34.6. The van der Waals surface area contributed by atoms with Crippen molar-refractivity contribution in [2.75, 3.05) is 26.4 Å². The van der Waals surface area contributed by atoms with Gasteiger partial charge in [0.1, 0.15) is 73.2 Å². The van der Waals surface area contributed by atoms with E-state index in [9.17, 15) is 61.0 Å². The monoisotopic (exact) mass is 980 g/mol. The van der Waals surface area contributed by atoms with Gasteiger partial charge >= 0.3 is 0 Å². The van der Waals surface area contributed by atoms with Gasteiger partial charge in [0.2, 0.25) is 5.91 Å². The SMILES string of the molecule is CCCCC/C=C/CC/C=C/C(O)C(COC1OC(CO)C(OC2OC(CO)C(OC3OC(CO)C(O)C(O)C3O)C(O)C2O)C(O)C1O)NC(=O)CCCCCCCCCCCCCCCC. The first-order valence-electron chi connectivity index (χ1n) is 25.6. The van der Waals surface area contributed by atoms with Crippen LogP contribution in [0, 0.1) is 0 Å². The van der Waals surface area contributed by atoms with Crippen LogP contribution in [0.15, 0.2) is 24.3 Å². The van der Waals surface area contributed by atoms with Gasteiger partial charge < -0.3 is 89.9 Å². The van der Waals surface area contributed by atoms with Crippen LogP contribution in [0.1, 0.15) is 149 Å². The molecule has 0 aromatic rings. The summed E-state index contributed by atoms with van der Waals surface area (Å²) >= 11 is 0. The fraction of sp³-hybridized carbons (Fsp3) is 0.898. The van der Waals surface area contributed by atoms with E-state index in [0.717, 1.165) is 44.9 Å². The Labute approximate surface area is 403 Å². The van der Waals surface area contributed by atoms with Gasteiger partial charge in [-0.15, -0.1) is 0 Å². The Morgan fingerprint density at radius 2 is 0.941 bits per heavy atom. The van der Waals surface area contributed by atoms with Crippen molar-refractivity contribution in [3.63, 3.8) is 0 Å². The molecule has 19 nitrogen and oxygen atoms in total. The highest BCUT2D eigenvalue weighted by atomic mass is 16.8. The van der Waals surface area contributed by atoms with E-state index in [1.807, 2.05) is 6.08 Å². The molecular weight excluding hydrogens is 891 g/mol. The van der Waals surface area contributed by atoms with Gasteiger partial charge in [-0.05, 0) is 32.1 Å². The first kappa shape index (κ1) is 60.6. The lowest BCUT2D eigenvalue weighted by Crippen LogP contribution is -2.66. The van der Waals surface area contributed by atoms with Crippen molar-refractivity contribution in [3.8, 4) is 0 Å². The maximum atomic E-state index is 13.2. The molecule has 0 spiro atoms. The van der Waals surface area contributed by atoms with Crippen molar-refractivity contribution in [1.82, 2.24) is 5.32 Å². The van der Waals surface area contributed by atoms with Crippen LogP contribution in [0.2, 0.25) is 0 Å². The molecule has 1 amide bonds. The highest BCUT2D eigenvalue weighted by molar-refractivity contribution is 5.76. The first-order valence-corrected chi connectivity index (χ1v) is 25.6. The third-order valence-corrected chi connectivity index (χ3v) is 13.0. The number of amides is 1. The van der Waals surface area contributed by atoms with Crippen LogP contribution in [0.25, 0.3) is 0 Å². The molecule has 3 aliphatic rings. The molecule has 3 aliphatic heterocycles. The molecular formula is C49H89NO18. The quantitative estimate of drug-likeness (QED) is 0.0317. The minimum absolute atomic E-state index is 0.238. The Morgan fingerprint density at radius 3 is 1.47 bits per heavy atom. The summed E-state index contributed by atoms with van der Waals surface area (Å²) in [4.78, 5) is 13.2. The van der Waals surface area contributed by atoms with Crippen molar-refractivity contribution >= 4 is 5.91 Å². The topological polar surface area (TPSA) is 307 Å². The zero-order valence-corrected chi connectivity index (χ0v) is 40.6. The molecule has 19 heteroatoms. The molecule has 0 radical (unpaired) electrons. The third kappa shape index (κ3) is 20.4. The number of carbonyl (C=O) groups excluding carboxylic acids is 1. The highest BCUT2D eigenvalue weighted by Crippen LogP contribution is 2.33. The van der Waals surface area contributed by atoms with Crippen LogP contribution in [0.3, 0.4) is 0 Å². The standard InChI is InChI=1S/C49H89NO18/c1-3-5-7-9-11-13-14-15-16-17-19-21-23-25-27-37(55)50-32(33(54)26-24-22-20-18-12-10-8-6-4-2)31-63-47-43(61)40(58)45(35(29-52)65-47)68-49-44(62)41(59)46(36(30-53)66-49)67-48-42(60)39(57)38(56)34(28-51)64-48/h12,18,24,26,32-36,38-49,51-54,56-62H,3-11,13-17,19-23,25,27-31H2,1-2H3,(H,50,55)/b18-12+,26-24+. The summed E-state index contributed by atoms with van der Waals surface area (Å²) in [7, 11) is 0. The molecule has 12 N–H and O–H groups in total. The fourth-order valence-corrected chi connectivity index (χ4v) is 8.67. The lowest BCUT2D eigenvalue weighted by molar-refractivity contribution is -0.379. The number of carbonyl (C=O) groups is 1. The van der Waals surface area contributed by atoms with Crippen LogP contribution < -0.4 is 5.32 Å². The molecule has 0 aromatic carbocycles. The predicted molar refractivity (Wildman–Crippen MR) is 250 cm³/mol. The van der Waals surface area contributed by atoms with E-state index >= 15 is 0 Å². The van der Waals surface area contributed by atoms with E-state index in [1.54, 1.807) is 6.08 Å². The third-order valence-electron chi connectivity index (χ3n) is 13.0. The number of allylic oxidation sites excluding steroid dienone is 3. The molecule has 0 saturated carbocycles. The number of hydrogen-bond acceptors (Lipinski definition) is 18. The van der Waals surface area contributed by atoms with E-state index in [0.29, 0.717) is 12.8 Å². The van der Waals surface area contributed by atoms with Gasteiger partial charge in [0.05, 0.1) is 38.6 Å². The summed E-state index contributed by atoms with van der Waals surface area (Å²) < 4.78 is 34.0. The molecule has 68 heavy (non-hydrogen) atoms. The molecule has 398 valence electrons. The smallest absolute Gasteiger partial charge is 0.220 e. The summed E-state index contributed by atoms with van der Waals surface area (Å²) in [6.45, 7) is 1.60. The zero-order valence-electron chi connectivity index (χ0n) is 40.6. The van der Waals surface area contributed by atoms with Crippen molar-refractivity contribution in [2.24, 2.45) is 0 Å². The Kier molecular flexibility index (Phi) is 30.8. The van der Waals surface area contributed by atoms with Gasteiger partial charge in [-0.25, -0.2) is 0 Å². The van der Waals surface area contributed by atoms with Crippen LogP contribution >= 0.6 is 0 Å². The fourth-order valence-electron chi connectivity index (χ4n) is 8.67. The summed E-state index contributed by atoms with van der Waals surface area (Å²) in [5.41, 5.74) is 0. The summed E-state index contributed by atoms with van der Waals surface area (Å²) in [6, 6.07) is -0.981. The van der Waals surface area contributed by atoms with E-state index in [2.05, 4.69) is 31.3 Å². The Hall–Kier alpha value is -1.73. The number of rotatable bonds is 35. The average molecular weight is 980 g/mol. The van der Waals surface area contributed by atoms with Crippen LogP contribution in [0.5, 0.6) is 0 Å². The molecule has 17 unspecified atom stereocenters. The molecule has 17 atom stereocenters. The molecule has 0 bridgehead atoms. The molecule has 3 saturated heterocycles. The normalized spacial score (nSPS) is 33.3. The van der Waals surface area contributed by atoms with E-state index in [-0.39, 0.29) is 18.9 Å². The minimum atomic E-state index is -1.98. The number of ether oxygens (including phenoxy) is 6. The number of nitrogens with one attached hydrogen (secondary N) is 1. The van der Waals surface area contributed by atoms with Crippen molar-refractivity contribution < 1.29 is 89.4 Å². The van der Waals surface area contributed by atoms with Crippen molar-refractivity contribution in [2.45, 2.75) is 253 Å². The second-order valence-corrected chi connectivity index (χ2v) is 18.6. The molecule has 3 rings (SSSR count). The van der Waals surface area contributed by atoms with E-state index in [1.165, 1.54) is 70.6 Å². The maximum Gasteiger partial charge on any atom is 0.220 e.